The summed E-state index contributed by atoms with van der Waals surface area (Å²) in [5, 5.41) is 2.03. The van der Waals surface area contributed by atoms with Crippen LogP contribution in [0.2, 0.25) is 5.02 Å². The van der Waals surface area contributed by atoms with Crippen molar-refractivity contribution in [2.45, 2.75) is 13.3 Å². The fourth-order valence-electron chi connectivity index (χ4n) is 2.26. The lowest BCUT2D eigenvalue weighted by molar-refractivity contribution is 0.0506. The first-order chi connectivity index (χ1) is 10.6. The monoisotopic (exact) mass is 315 g/mol. The first-order valence-corrected chi connectivity index (χ1v) is 7.27. The zero-order valence-corrected chi connectivity index (χ0v) is 12.8. The molecule has 0 radical (unpaired) electrons. The Bertz CT molecular complexity index is 826. The lowest BCUT2D eigenvalue weighted by Gasteiger charge is -2.07. The van der Waals surface area contributed by atoms with Crippen molar-refractivity contribution >= 4 is 28.3 Å². The van der Waals surface area contributed by atoms with E-state index in [2.05, 4.69) is 4.98 Å². The molecule has 0 atom stereocenters. The number of carbonyl (C=O) groups is 1. The summed E-state index contributed by atoms with van der Waals surface area (Å²) in [5.74, 6) is 1.22. The number of fused-ring (bicyclic) bond motifs is 1. The Kier molecular flexibility index (Phi) is 4.11. The van der Waals surface area contributed by atoms with Gasteiger partial charge in [-0.25, -0.2) is 4.79 Å². The molecular formula is C17H14ClNO3. The van der Waals surface area contributed by atoms with Gasteiger partial charge in [-0.15, -0.1) is 0 Å². The molecule has 3 aromatic rings. The molecule has 0 unspecified atom stereocenters. The normalized spacial score (nSPS) is 10.8. The molecule has 112 valence electrons. The Labute approximate surface area is 132 Å². The maximum absolute atomic E-state index is 12.2. The van der Waals surface area contributed by atoms with Crippen LogP contribution in [0, 0.1) is 6.92 Å². The van der Waals surface area contributed by atoms with Gasteiger partial charge < -0.3 is 9.15 Å². The second-order valence-corrected chi connectivity index (χ2v) is 5.33. The van der Waals surface area contributed by atoms with Crippen LogP contribution >= 0.6 is 11.6 Å². The van der Waals surface area contributed by atoms with Gasteiger partial charge in [0.05, 0.1) is 12.2 Å². The molecule has 0 aliphatic rings. The van der Waals surface area contributed by atoms with E-state index in [9.17, 15) is 4.79 Å². The summed E-state index contributed by atoms with van der Waals surface area (Å²) in [5.41, 5.74) is 0.413. The SMILES string of the molecule is Cc1ccc(CCOC(=O)c2cncc3c(Cl)cccc23)o1. The molecule has 4 nitrogen and oxygen atoms in total. The van der Waals surface area contributed by atoms with Gasteiger partial charge in [-0.2, -0.15) is 0 Å². The highest BCUT2D eigenvalue weighted by atomic mass is 35.5. The standard InChI is InChI=1S/C17H14ClNO3/c1-11-5-6-12(22-11)7-8-21-17(20)15-10-19-9-14-13(15)3-2-4-16(14)18/h2-6,9-10H,7-8H2,1H3. The highest BCUT2D eigenvalue weighted by molar-refractivity contribution is 6.35. The van der Waals surface area contributed by atoms with Gasteiger partial charge in [0.25, 0.3) is 0 Å². The Morgan fingerprint density at radius 3 is 2.86 bits per heavy atom. The van der Waals surface area contributed by atoms with Gasteiger partial charge in [-0.1, -0.05) is 23.7 Å². The average molecular weight is 316 g/mol. The number of nitrogens with zero attached hydrogens (tertiary/aromatic N) is 1. The fraction of sp³-hybridized carbons (Fsp3) is 0.176. The summed E-state index contributed by atoms with van der Waals surface area (Å²) < 4.78 is 10.7. The maximum Gasteiger partial charge on any atom is 0.340 e. The van der Waals surface area contributed by atoms with Crippen molar-refractivity contribution in [3.05, 3.63) is 64.8 Å². The van der Waals surface area contributed by atoms with Gasteiger partial charge in [-0.05, 0) is 25.1 Å². The number of halogens is 1. The Hall–Kier alpha value is -2.33. The molecule has 0 N–H and O–H groups in total. The Morgan fingerprint density at radius 1 is 1.23 bits per heavy atom. The summed E-state index contributed by atoms with van der Waals surface area (Å²) in [6.07, 6.45) is 3.68. The van der Waals surface area contributed by atoms with Crippen LogP contribution in [0.1, 0.15) is 21.9 Å². The molecule has 0 bridgehead atoms. The Morgan fingerprint density at radius 2 is 2.09 bits per heavy atom. The van der Waals surface area contributed by atoms with Gasteiger partial charge in [0.15, 0.2) is 0 Å². The number of ether oxygens (including phenoxy) is 1. The second kappa shape index (κ2) is 6.20. The minimum absolute atomic E-state index is 0.253. The van der Waals surface area contributed by atoms with E-state index in [-0.39, 0.29) is 6.61 Å². The fourth-order valence-corrected chi connectivity index (χ4v) is 2.49. The third kappa shape index (κ3) is 2.97. The van der Waals surface area contributed by atoms with Gasteiger partial charge in [0.1, 0.15) is 11.5 Å². The van der Waals surface area contributed by atoms with E-state index in [0.717, 1.165) is 22.3 Å². The molecular weight excluding hydrogens is 302 g/mol. The molecule has 0 saturated carbocycles. The summed E-state index contributed by atoms with van der Waals surface area (Å²) in [6, 6.07) is 9.15. The van der Waals surface area contributed by atoms with E-state index in [4.69, 9.17) is 20.8 Å². The number of hydrogen-bond acceptors (Lipinski definition) is 4. The molecule has 0 amide bonds. The van der Waals surface area contributed by atoms with E-state index in [1.807, 2.05) is 25.1 Å². The molecule has 5 heteroatoms. The molecule has 0 aliphatic heterocycles. The second-order valence-electron chi connectivity index (χ2n) is 4.92. The summed E-state index contributed by atoms with van der Waals surface area (Å²) in [7, 11) is 0. The third-order valence-electron chi connectivity index (χ3n) is 3.35. The number of rotatable bonds is 4. The zero-order valence-electron chi connectivity index (χ0n) is 12.0. The van der Waals surface area contributed by atoms with Crippen LogP contribution < -0.4 is 0 Å². The third-order valence-corrected chi connectivity index (χ3v) is 3.68. The highest BCUT2D eigenvalue weighted by Crippen LogP contribution is 2.25. The van der Waals surface area contributed by atoms with Crippen LogP contribution in [0.4, 0.5) is 0 Å². The first kappa shape index (κ1) is 14.6. The number of pyridine rings is 1. The molecule has 0 saturated heterocycles. The molecule has 0 spiro atoms. The van der Waals surface area contributed by atoms with Crippen molar-refractivity contribution in [1.29, 1.82) is 0 Å². The highest BCUT2D eigenvalue weighted by Gasteiger charge is 2.13. The first-order valence-electron chi connectivity index (χ1n) is 6.90. The number of benzene rings is 1. The minimum Gasteiger partial charge on any atom is -0.466 e. The molecule has 0 fully saturated rings. The van der Waals surface area contributed by atoms with Crippen LogP contribution in [-0.4, -0.2) is 17.6 Å². The smallest absolute Gasteiger partial charge is 0.340 e. The van der Waals surface area contributed by atoms with Crippen molar-refractivity contribution in [2.75, 3.05) is 6.61 Å². The van der Waals surface area contributed by atoms with E-state index in [0.29, 0.717) is 17.0 Å². The van der Waals surface area contributed by atoms with Gasteiger partial charge in [0, 0.05) is 34.6 Å². The van der Waals surface area contributed by atoms with Crippen molar-refractivity contribution in [3.63, 3.8) is 0 Å². The van der Waals surface area contributed by atoms with Gasteiger partial charge >= 0.3 is 5.97 Å². The number of hydrogen-bond donors (Lipinski definition) is 0. The molecule has 1 aromatic carbocycles. The van der Waals surface area contributed by atoms with Crippen molar-refractivity contribution in [3.8, 4) is 0 Å². The number of aryl methyl sites for hydroxylation is 1. The zero-order chi connectivity index (χ0) is 15.5. The van der Waals surface area contributed by atoms with Crippen LogP contribution in [0.15, 0.2) is 47.1 Å². The molecule has 2 heterocycles. The lowest BCUT2D eigenvalue weighted by Crippen LogP contribution is -2.09. The van der Waals surface area contributed by atoms with E-state index >= 15 is 0 Å². The number of carbonyl (C=O) groups excluding carboxylic acids is 1. The molecule has 0 aliphatic carbocycles. The summed E-state index contributed by atoms with van der Waals surface area (Å²) in [4.78, 5) is 16.3. The largest absolute Gasteiger partial charge is 0.466 e. The topological polar surface area (TPSA) is 52.3 Å². The average Bonchev–Trinajstić information content (AvgIpc) is 2.92. The molecule has 3 rings (SSSR count). The number of esters is 1. The van der Waals surface area contributed by atoms with Crippen molar-refractivity contribution < 1.29 is 13.9 Å². The van der Waals surface area contributed by atoms with Gasteiger partial charge in [-0.3, -0.25) is 4.98 Å². The maximum atomic E-state index is 12.2. The predicted octanol–water partition coefficient (Wildman–Crippen LogP) is 4.19. The number of aromatic nitrogens is 1. The van der Waals surface area contributed by atoms with E-state index < -0.39 is 5.97 Å². The summed E-state index contributed by atoms with van der Waals surface area (Å²) in [6.45, 7) is 2.13. The number of furan rings is 1. The van der Waals surface area contributed by atoms with E-state index in [1.54, 1.807) is 18.3 Å². The molecule has 22 heavy (non-hydrogen) atoms. The van der Waals surface area contributed by atoms with Crippen LogP contribution in [-0.2, 0) is 11.2 Å². The van der Waals surface area contributed by atoms with Crippen LogP contribution in [0.5, 0.6) is 0 Å². The minimum atomic E-state index is -0.413. The quantitative estimate of drug-likeness (QED) is 0.677. The van der Waals surface area contributed by atoms with Crippen LogP contribution in [0.25, 0.3) is 10.8 Å². The van der Waals surface area contributed by atoms with Crippen molar-refractivity contribution in [2.24, 2.45) is 0 Å². The Balaban J connectivity index is 1.74. The van der Waals surface area contributed by atoms with Crippen LogP contribution in [0.3, 0.4) is 0 Å². The summed E-state index contributed by atoms with van der Waals surface area (Å²) >= 11 is 6.12. The van der Waals surface area contributed by atoms with E-state index in [1.165, 1.54) is 6.20 Å². The predicted molar refractivity (Wildman–Crippen MR) is 84.2 cm³/mol. The van der Waals surface area contributed by atoms with Gasteiger partial charge in [0.2, 0.25) is 0 Å². The molecule has 2 aromatic heterocycles. The lowest BCUT2D eigenvalue weighted by atomic mass is 10.1. The van der Waals surface area contributed by atoms with Crippen molar-refractivity contribution in [1.82, 2.24) is 4.98 Å².